The summed E-state index contributed by atoms with van der Waals surface area (Å²) >= 11 is 0. The van der Waals surface area contributed by atoms with E-state index in [0.29, 0.717) is 0 Å². The van der Waals surface area contributed by atoms with Gasteiger partial charge in [-0.1, -0.05) is 34.1 Å². The lowest BCUT2D eigenvalue weighted by molar-refractivity contribution is -0.153. The zero-order valence-corrected chi connectivity index (χ0v) is 12.2. The molecule has 0 aromatic heterocycles. The van der Waals surface area contributed by atoms with Gasteiger partial charge in [0.05, 0.1) is 0 Å². The van der Waals surface area contributed by atoms with Crippen LogP contribution in [0.5, 0.6) is 0 Å². The van der Waals surface area contributed by atoms with E-state index in [1.165, 1.54) is 0 Å². The van der Waals surface area contributed by atoms with Crippen LogP contribution < -0.4 is 5.32 Å². The highest BCUT2D eigenvalue weighted by Gasteiger charge is 2.42. The Morgan fingerprint density at radius 1 is 1.22 bits per heavy atom. The zero-order valence-electron chi connectivity index (χ0n) is 12.2. The molecule has 1 rings (SSSR count). The first kappa shape index (κ1) is 15.0. The second-order valence-corrected chi connectivity index (χ2v) is 5.54. The lowest BCUT2D eigenvalue weighted by Gasteiger charge is -2.43. The molecule has 4 nitrogen and oxygen atoms in total. The molecule has 0 bridgehead atoms. The monoisotopic (exact) mass is 254 g/mol. The van der Waals surface area contributed by atoms with Crippen molar-refractivity contribution in [3.63, 3.8) is 0 Å². The summed E-state index contributed by atoms with van der Waals surface area (Å²) in [5.74, 6) is 0.225. The van der Waals surface area contributed by atoms with Gasteiger partial charge in [-0.05, 0) is 25.7 Å². The van der Waals surface area contributed by atoms with Crippen LogP contribution in [-0.4, -0.2) is 34.8 Å². The third-order valence-electron chi connectivity index (χ3n) is 3.75. The second kappa shape index (κ2) is 6.21. The predicted octanol–water partition coefficient (Wildman–Crippen LogP) is 1.94. The Morgan fingerprint density at radius 3 is 2.28 bits per heavy atom. The number of amides is 2. The molecule has 0 radical (unpaired) electrons. The summed E-state index contributed by atoms with van der Waals surface area (Å²) in [5.41, 5.74) is 0. The first-order valence-electron chi connectivity index (χ1n) is 7.06. The number of nitrogens with zero attached hydrogens (tertiary/aromatic N) is 1. The summed E-state index contributed by atoms with van der Waals surface area (Å²) in [5, 5.41) is 2.88. The maximum atomic E-state index is 12.5. The molecule has 1 fully saturated rings. The average Bonchev–Trinajstić information content (AvgIpc) is 2.32. The fraction of sp³-hybridized carbons (Fsp3) is 0.857. The second-order valence-electron chi connectivity index (χ2n) is 5.54. The third kappa shape index (κ3) is 2.85. The molecule has 0 spiro atoms. The standard InChI is InChI=1S/C14H26N2O2/c1-6-8-11-13(17)15-12(9(3)4)14(18)16(11)10(5)7-2/h9-12H,6-8H2,1-5H3,(H,15,17). The van der Waals surface area contributed by atoms with Gasteiger partial charge in [0.25, 0.3) is 0 Å². The Kier molecular flexibility index (Phi) is 5.17. The van der Waals surface area contributed by atoms with Crippen molar-refractivity contribution in [1.82, 2.24) is 10.2 Å². The summed E-state index contributed by atoms with van der Waals surface area (Å²) in [6.07, 6.45) is 2.53. The highest BCUT2D eigenvalue weighted by atomic mass is 16.2. The van der Waals surface area contributed by atoms with E-state index in [4.69, 9.17) is 0 Å². The zero-order chi connectivity index (χ0) is 13.9. The molecule has 1 saturated heterocycles. The third-order valence-corrected chi connectivity index (χ3v) is 3.75. The Bertz CT molecular complexity index is 315. The molecule has 3 unspecified atom stereocenters. The maximum absolute atomic E-state index is 12.5. The Labute approximate surface area is 110 Å². The molecule has 1 N–H and O–H groups in total. The van der Waals surface area contributed by atoms with Crippen LogP contribution in [0.2, 0.25) is 0 Å². The molecule has 0 aromatic rings. The smallest absolute Gasteiger partial charge is 0.246 e. The molecule has 1 aliphatic heterocycles. The minimum absolute atomic E-state index is 0.00968. The summed E-state index contributed by atoms with van der Waals surface area (Å²) in [6, 6.07) is -0.520. The molecule has 18 heavy (non-hydrogen) atoms. The van der Waals surface area contributed by atoms with E-state index in [1.54, 1.807) is 0 Å². The van der Waals surface area contributed by atoms with Crippen LogP contribution in [0.15, 0.2) is 0 Å². The van der Waals surface area contributed by atoms with E-state index in [0.717, 1.165) is 19.3 Å². The fourth-order valence-corrected chi connectivity index (χ4v) is 2.47. The average molecular weight is 254 g/mol. The van der Waals surface area contributed by atoms with Crippen LogP contribution in [0, 0.1) is 5.92 Å². The van der Waals surface area contributed by atoms with Gasteiger partial charge < -0.3 is 10.2 Å². The fourth-order valence-electron chi connectivity index (χ4n) is 2.47. The number of hydrogen-bond acceptors (Lipinski definition) is 2. The summed E-state index contributed by atoms with van der Waals surface area (Å²) in [7, 11) is 0. The number of nitrogens with one attached hydrogen (secondary N) is 1. The summed E-state index contributed by atoms with van der Waals surface area (Å²) in [6.45, 7) is 10.1. The first-order chi connectivity index (χ1) is 8.43. The summed E-state index contributed by atoms with van der Waals surface area (Å²) in [4.78, 5) is 26.5. The lowest BCUT2D eigenvalue weighted by Crippen LogP contribution is -2.66. The van der Waals surface area contributed by atoms with E-state index >= 15 is 0 Å². The van der Waals surface area contributed by atoms with E-state index in [1.807, 2.05) is 32.6 Å². The van der Waals surface area contributed by atoms with Crippen LogP contribution in [-0.2, 0) is 9.59 Å². The topological polar surface area (TPSA) is 49.4 Å². The molecule has 0 aliphatic carbocycles. The molecular weight excluding hydrogens is 228 g/mol. The summed E-state index contributed by atoms with van der Waals surface area (Å²) < 4.78 is 0. The molecule has 0 aromatic carbocycles. The normalized spacial score (nSPS) is 26.4. The predicted molar refractivity (Wildman–Crippen MR) is 72.1 cm³/mol. The molecule has 3 atom stereocenters. The van der Waals surface area contributed by atoms with Crippen LogP contribution in [0.3, 0.4) is 0 Å². The van der Waals surface area contributed by atoms with Gasteiger partial charge >= 0.3 is 0 Å². The molecule has 2 amide bonds. The van der Waals surface area contributed by atoms with Crippen molar-refractivity contribution < 1.29 is 9.59 Å². The van der Waals surface area contributed by atoms with Crippen LogP contribution in [0.25, 0.3) is 0 Å². The van der Waals surface area contributed by atoms with Gasteiger partial charge in [-0.2, -0.15) is 0 Å². The van der Waals surface area contributed by atoms with Crippen molar-refractivity contribution in [3.8, 4) is 0 Å². The van der Waals surface area contributed by atoms with Crippen molar-refractivity contribution in [2.75, 3.05) is 0 Å². The molecule has 1 aliphatic rings. The van der Waals surface area contributed by atoms with Gasteiger partial charge in [0.2, 0.25) is 11.8 Å². The largest absolute Gasteiger partial charge is 0.342 e. The van der Waals surface area contributed by atoms with Crippen LogP contribution >= 0.6 is 0 Å². The van der Waals surface area contributed by atoms with Gasteiger partial charge in [-0.3, -0.25) is 9.59 Å². The minimum Gasteiger partial charge on any atom is -0.342 e. The van der Waals surface area contributed by atoms with Gasteiger partial charge in [-0.15, -0.1) is 0 Å². The SMILES string of the molecule is CCCC1C(=O)NC(C(C)C)C(=O)N1C(C)CC. The van der Waals surface area contributed by atoms with E-state index in [9.17, 15) is 9.59 Å². The van der Waals surface area contributed by atoms with Gasteiger partial charge in [0.15, 0.2) is 0 Å². The maximum Gasteiger partial charge on any atom is 0.246 e. The molecule has 104 valence electrons. The Balaban J connectivity index is 3.00. The van der Waals surface area contributed by atoms with Crippen LogP contribution in [0.4, 0.5) is 0 Å². The van der Waals surface area contributed by atoms with E-state index < -0.39 is 0 Å². The highest BCUT2D eigenvalue weighted by Crippen LogP contribution is 2.22. The Morgan fingerprint density at radius 2 is 1.83 bits per heavy atom. The van der Waals surface area contributed by atoms with Crippen molar-refractivity contribution in [3.05, 3.63) is 0 Å². The van der Waals surface area contributed by atoms with Crippen molar-refractivity contribution >= 4 is 11.8 Å². The highest BCUT2D eigenvalue weighted by molar-refractivity contribution is 5.97. The molecule has 4 heteroatoms. The van der Waals surface area contributed by atoms with Gasteiger partial charge in [-0.25, -0.2) is 0 Å². The number of piperazine rings is 1. The van der Waals surface area contributed by atoms with Crippen molar-refractivity contribution in [2.45, 2.75) is 72.0 Å². The quantitative estimate of drug-likeness (QED) is 0.815. The number of hydrogen-bond donors (Lipinski definition) is 1. The molecule has 0 saturated carbocycles. The Hall–Kier alpha value is -1.06. The van der Waals surface area contributed by atoms with Crippen LogP contribution in [0.1, 0.15) is 53.9 Å². The minimum atomic E-state index is -0.361. The number of rotatable bonds is 5. The molecule has 1 heterocycles. The number of carbonyl (C=O) groups excluding carboxylic acids is 2. The van der Waals surface area contributed by atoms with E-state index in [2.05, 4.69) is 12.2 Å². The molecular formula is C14H26N2O2. The number of carbonyl (C=O) groups is 2. The van der Waals surface area contributed by atoms with E-state index in [-0.39, 0.29) is 35.9 Å². The van der Waals surface area contributed by atoms with Gasteiger partial charge in [0.1, 0.15) is 12.1 Å². The first-order valence-corrected chi connectivity index (χ1v) is 7.06. The van der Waals surface area contributed by atoms with Crippen molar-refractivity contribution in [1.29, 1.82) is 0 Å². The van der Waals surface area contributed by atoms with Crippen molar-refractivity contribution in [2.24, 2.45) is 5.92 Å². The van der Waals surface area contributed by atoms with Gasteiger partial charge in [0, 0.05) is 6.04 Å². The lowest BCUT2D eigenvalue weighted by atomic mass is 9.94.